The first kappa shape index (κ1) is 27.7. The van der Waals surface area contributed by atoms with E-state index in [1.165, 1.54) is 12.1 Å². The van der Waals surface area contributed by atoms with Crippen LogP contribution in [0.2, 0.25) is 10.0 Å². The van der Waals surface area contributed by atoms with E-state index in [1.807, 2.05) is 6.08 Å². The van der Waals surface area contributed by atoms with Crippen molar-refractivity contribution in [3.63, 3.8) is 0 Å². The van der Waals surface area contributed by atoms with Crippen molar-refractivity contribution in [2.75, 3.05) is 19.7 Å². The first-order valence-electron chi connectivity index (χ1n) is 11.1. The van der Waals surface area contributed by atoms with Crippen LogP contribution < -0.4 is 5.73 Å². The average Bonchev–Trinajstić information content (AvgIpc) is 3.33. The van der Waals surface area contributed by atoms with Crippen LogP contribution in [0.3, 0.4) is 0 Å². The van der Waals surface area contributed by atoms with Crippen LogP contribution in [-0.4, -0.2) is 48.8 Å². The van der Waals surface area contributed by atoms with Gasteiger partial charge in [-0.2, -0.15) is 0 Å². The number of nitrogens with two attached hydrogens (primary N) is 1. The molecule has 3 N–H and O–H groups in total. The first-order valence-corrected chi connectivity index (χ1v) is 14.1. The number of carbonyl (C=O) groups is 1. The number of hydrogen-bond acceptors (Lipinski definition) is 5. The van der Waals surface area contributed by atoms with Crippen LogP contribution in [0.1, 0.15) is 38.4 Å². The molecule has 0 bridgehead atoms. The fourth-order valence-corrected chi connectivity index (χ4v) is 7.18. The maximum atomic E-state index is 14.0. The zero-order valence-corrected chi connectivity index (χ0v) is 23.3. The molecule has 1 saturated heterocycles. The van der Waals surface area contributed by atoms with Crippen molar-refractivity contribution >= 4 is 54.1 Å². The van der Waals surface area contributed by atoms with Gasteiger partial charge in [-0.25, -0.2) is 4.39 Å². The predicted molar refractivity (Wildman–Crippen MR) is 148 cm³/mol. The van der Waals surface area contributed by atoms with Crippen molar-refractivity contribution in [1.82, 2.24) is 8.01 Å². The van der Waals surface area contributed by atoms with Crippen LogP contribution in [0.15, 0.2) is 59.7 Å². The topological polar surface area (TPSA) is 79.0 Å². The lowest BCUT2D eigenvalue weighted by Crippen LogP contribution is -2.44. The van der Waals surface area contributed by atoms with E-state index in [0.717, 1.165) is 24.0 Å². The third-order valence-corrected chi connectivity index (χ3v) is 9.23. The summed E-state index contributed by atoms with van der Waals surface area (Å²) in [7, 11) is 0. The Kier molecular flexibility index (Phi) is 9.80. The van der Waals surface area contributed by atoms with Crippen molar-refractivity contribution in [1.29, 1.82) is 0 Å². The Bertz CT molecular complexity index is 1110. The van der Waals surface area contributed by atoms with Gasteiger partial charge in [0.05, 0.1) is 5.02 Å². The number of allylic oxidation sites excluding steroid dienone is 5. The lowest BCUT2D eigenvalue weighted by Gasteiger charge is -2.35. The fourth-order valence-electron chi connectivity index (χ4n) is 3.89. The molecule has 0 aliphatic carbocycles. The number of carbonyl (C=O) groups excluding carboxylic acids is 1. The Labute approximate surface area is 225 Å². The van der Waals surface area contributed by atoms with Gasteiger partial charge in [-0.1, -0.05) is 35.9 Å². The molecule has 0 radical (unpaired) electrons. The van der Waals surface area contributed by atoms with Gasteiger partial charge in [0.15, 0.2) is 0 Å². The molecule has 1 fully saturated rings. The zero-order valence-electron chi connectivity index (χ0n) is 19.6. The number of likely N-dealkylation sites (tertiary alicyclic amines) is 1. The highest BCUT2D eigenvalue weighted by Crippen LogP contribution is 2.36. The lowest BCUT2D eigenvalue weighted by atomic mass is 10.0. The van der Waals surface area contributed by atoms with Crippen molar-refractivity contribution in [3.05, 3.63) is 81.1 Å². The second-order valence-electron chi connectivity index (χ2n) is 8.27. The van der Waals surface area contributed by atoms with Crippen LogP contribution in [0.5, 0.6) is 0 Å². The lowest BCUT2D eigenvalue weighted by molar-refractivity contribution is -0.135. The van der Waals surface area contributed by atoms with E-state index in [2.05, 4.69) is 19.9 Å². The number of nitrogens with zero attached hydrogens (tertiary/aromatic N) is 2. The summed E-state index contributed by atoms with van der Waals surface area (Å²) < 4.78 is 24.7. The summed E-state index contributed by atoms with van der Waals surface area (Å²) >= 11 is 12.0. The predicted octanol–water partition coefficient (Wildman–Crippen LogP) is 5.38. The van der Waals surface area contributed by atoms with Crippen molar-refractivity contribution < 1.29 is 19.0 Å². The van der Waals surface area contributed by atoms with E-state index in [4.69, 9.17) is 38.8 Å². The van der Waals surface area contributed by atoms with Crippen molar-refractivity contribution in [2.24, 2.45) is 5.73 Å². The highest BCUT2D eigenvalue weighted by molar-refractivity contribution is 14.2. The van der Waals surface area contributed by atoms with Gasteiger partial charge in [0, 0.05) is 47.2 Å². The molecule has 2 heterocycles. The molecule has 1 atom stereocenters. The van der Waals surface area contributed by atoms with Crippen molar-refractivity contribution in [2.45, 2.75) is 38.8 Å². The molecule has 0 spiro atoms. The summed E-state index contributed by atoms with van der Waals surface area (Å²) in [5, 5.41) is 9.31. The molecule has 1 unspecified atom stereocenters. The van der Waals surface area contributed by atoms with E-state index in [9.17, 15) is 9.18 Å². The largest absolute Gasteiger partial charge is 0.484 e. The Morgan fingerprint density at radius 1 is 1.40 bits per heavy atom. The van der Waals surface area contributed by atoms with Gasteiger partial charge >= 0.3 is 0 Å². The number of aliphatic hydroxyl groups is 1. The molecular weight excluding hydrogens is 607 g/mol. The third-order valence-electron chi connectivity index (χ3n) is 5.86. The molecule has 0 saturated carbocycles. The summed E-state index contributed by atoms with van der Waals surface area (Å²) in [6.45, 7) is 8.27. The fraction of sp³-hybridized carbons (Fsp3) is 0.360. The minimum Gasteiger partial charge on any atom is -0.484 e. The van der Waals surface area contributed by atoms with E-state index < -0.39 is 18.5 Å². The summed E-state index contributed by atoms with van der Waals surface area (Å²) in [4.78, 5) is 13.4. The molecule has 10 heteroatoms. The molecule has 35 heavy (non-hydrogen) atoms. The molecule has 190 valence electrons. The van der Waals surface area contributed by atoms with Gasteiger partial charge in [0.25, 0.3) is 0 Å². The Morgan fingerprint density at radius 3 is 2.69 bits per heavy atom. The highest BCUT2D eigenvalue weighted by atomic mass is 127. The third kappa shape index (κ3) is 6.67. The summed E-state index contributed by atoms with van der Waals surface area (Å²) in [5.41, 5.74) is 8.80. The van der Waals surface area contributed by atoms with Crippen LogP contribution in [0, 0.1) is 5.82 Å². The SMILES string of the molecule is C=C/C(=C\C(OC(C)c1c(Cl)ccc(F)c1Cl)=C(/C)N)C1=CN(C2CCN(C(=O)CO)CC2)I=C1. The van der Waals surface area contributed by atoms with E-state index in [0.29, 0.717) is 41.2 Å². The van der Waals surface area contributed by atoms with E-state index in [-0.39, 0.29) is 31.9 Å². The minimum atomic E-state index is -0.640. The number of hydrogen-bond donors (Lipinski definition) is 2. The number of rotatable bonds is 8. The normalized spacial score (nSPS) is 18.6. The second-order valence-corrected chi connectivity index (χ2v) is 11.4. The van der Waals surface area contributed by atoms with Crippen LogP contribution >= 0.6 is 44.2 Å². The molecule has 1 aromatic carbocycles. The quantitative estimate of drug-likeness (QED) is 0.132. The van der Waals surface area contributed by atoms with E-state index in [1.54, 1.807) is 24.8 Å². The van der Waals surface area contributed by atoms with Crippen molar-refractivity contribution in [3.8, 4) is 0 Å². The molecule has 1 aromatic rings. The van der Waals surface area contributed by atoms with Gasteiger partial charge in [-0.3, -0.25) is 4.79 Å². The molecule has 3 rings (SSSR count). The maximum absolute atomic E-state index is 14.0. The van der Waals surface area contributed by atoms with Gasteiger partial charge in [0.2, 0.25) is 5.91 Å². The summed E-state index contributed by atoms with van der Waals surface area (Å²) in [6, 6.07) is 3.01. The zero-order chi connectivity index (χ0) is 25.7. The Morgan fingerprint density at radius 2 is 2.09 bits per heavy atom. The monoisotopic (exact) mass is 635 g/mol. The Balaban J connectivity index is 1.76. The summed E-state index contributed by atoms with van der Waals surface area (Å²) in [5.74, 6) is -0.364. The van der Waals surface area contributed by atoms with Gasteiger partial charge in [0.1, 0.15) is 24.3 Å². The van der Waals surface area contributed by atoms with Crippen LogP contribution in [-0.2, 0) is 9.53 Å². The number of amides is 1. The number of aliphatic hydroxyl groups excluding tert-OH is 1. The standard InChI is InChI=1S/C25H29Cl2FIN3O3/c1-4-17(18-12-29-32(13-18)19-7-9-31(10-8-19)23(34)14-33)11-22(15(2)30)35-16(3)24-20(26)5-6-21(28)25(24)27/h4-6,11-13,16,19,33H,1,7-10,14,30H2,2-3H3/b17-11+,22-15-. The Hall–Kier alpha value is -1.88. The van der Waals surface area contributed by atoms with Gasteiger partial charge < -0.3 is 23.6 Å². The number of ether oxygens (including phenoxy) is 1. The minimum absolute atomic E-state index is 0.0779. The average molecular weight is 636 g/mol. The highest BCUT2D eigenvalue weighted by Gasteiger charge is 2.27. The van der Waals surface area contributed by atoms with Gasteiger partial charge in [-0.15, -0.1) is 0 Å². The summed E-state index contributed by atoms with van der Waals surface area (Å²) in [6.07, 6.45) is 6.77. The molecule has 2 aliphatic heterocycles. The van der Waals surface area contributed by atoms with Crippen LogP contribution in [0.25, 0.3) is 0 Å². The number of piperidine rings is 1. The number of halogens is 4. The molecule has 6 nitrogen and oxygen atoms in total. The first-order chi connectivity index (χ1) is 16.7. The maximum Gasteiger partial charge on any atom is 0.248 e. The molecular formula is C25H29Cl2FIN3O3. The second kappa shape index (κ2) is 12.4. The molecule has 2 aliphatic rings. The van der Waals surface area contributed by atoms with Crippen LogP contribution in [0.4, 0.5) is 4.39 Å². The smallest absolute Gasteiger partial charge is 0.248 e. The van der Waals surface area contributed by atoms with Gasteiger partial charge in [-0.05, 0) is 75.5 Å². The molecule has 1 amide bonds. The number of benzene rings is 1. The molecule has 0 aromatic heterocycles. The van der Waals surface area contributed by atoms with E-state index >= 15 is 0 Å².